The summed E-state index contributed by atoms with van der Waals surface area (Å²) >= 11 is 0. The Morgan fingerprint density at radius 2 is 1.71 bits per heavy atom. The highest BCUT2D eigenvalue weighted by Gasteiger charge is 2.32. The van der Waals surface area contributed by atoms with Crippen LogP contribution in [0.2, 0.25) is 0 Å². The Balaban J connectivity index is 1.68. The number of para-hydroxylation sites is 1. The molecule has 0 fully saturated rings. The lowest BCUT2D eigenvalue weighted by atomic mass is 9.90. The van der Waals surface area contributed by atoms with Crippen LogP contribution in [0.5, 0.6) is 5.75 Å². The molecule has 0 spiro atoms. The Morgan fingerprint density at radius 1 is 0.958 bits per heavy atom. The first-order valence-corrected chi connectivity index (χ1v) is 7.80. The molecule has 3 aromatic carbocycles. The van der Waals surface area contributed by atoms with Crippen LogP contribution in [0.4, 0.5) is 5.69 Å². The second-order valence-electron chi connectivity index (χ2n) is 5.79. The summed E-state index contributed by atoms with van der Waals surface area (Å²) in [7, 11) is 0. The number of carbonyl (C=O) groups excluding carboxylic acids is 2. The lowest BCUT2D eigenvalue weighted by molar-refractivity contribution is -0.137. The van der Waals surface area contributed by atoms with Crippen LogP contribution in [0.15, 0.2) is 66.7 Å². The van der Waals surface area contributed by atoms with Gasteiger partial charge in [-0.05, 0) is 23.1 Å². The van der Waals surface area contributed by atoms with Gasteiger partial charge in [-0.2, -0.15) is 0 Å². The summed E-state index contributed by atoms with van der Waals surface area (Å²) in [6.07, 6.45) is 0.0978. The predicted octanol–water partition coefficient (Wildman–Crippen LogP) is 3.87. The molecule has 4 heteroatoms. The van der Waals surface area contributed by atoms with Crippen molar-refractivity contribution in [2.24, 2.45) is 0 Å². The van der Waals surface area contributed by atoms with Gasteiger partial charge in [-0.1, -0.05) is 54.6 Å². The molecule has 4 rings (SSSR count). The first kappa shape index (κ1) is 14.5. The van der Waals surface area contributed by atoms with E-state index in [1.54, 1.807) is 12.1 Å². The molecule has 1 N–H and O–H groups in total. The summed E-state index contributed by atoms with van der Waals surface area (Å²) in [4.78, 5) is 24.6. The lowest BCUT2D eigenvalue weighted by Gasteiger charge is -2.24. The van der Waals surface area contributed by atoms with Crippen molar-refractivity contribution in [1.82, 2.24) is 0 Å². The second kappa shape index (κ2) is 5.81. The van der Waals surface area contributed by atoms with Gasteiger partial charge >= 0.3 is 5.97 Å². The first-order chi connectivity index (χ1) is 11.7. The van der Waals surface area contributed by atoms with E-state index in [9.17, 15) is 9.59 Å². The zero-order valence-corrected chi connectivity index (χ0v) is 12.9. The van der Waals surface area contributed by atoms with Gasteiger partial charge in [0.1, 0.15) is 5.75 Å². The van der Waals surface area contributed by atoms with Crippen molar-refractivity contribution in [3.8, 4) is 5.75 Å². The van der Waals surface area contributed by atoms with Gasteiger partial charge in [0.25, 0.3) is 0 Å². The number of anilines is 1. The van der Waals surface area contributed by atoms with Crippen LogP contribution >= 0.6 is 0 Å². The summed E-state index contributed by atoms with van der Waals surface area (Å²) in [5.74, 6) is -0.655. The second-order valence-corrected chi connectivity index (χ2v) is 5.79. The van der Waals surface area contributed by atoms with Gasteiger partial charge in [0, 0.05) is 17.5 Å². The van der Waals surface area contributed by atoms with Gasteiger partial charge in [-0.25, -0.2) is 0 Å². The van der Waals surface area contributed by atoms with Crippen molar-refractivity contribution in [1.29, 1.82) is 0 Å². The highest BCUT2D eigenvalue weighted by Crippen LogP contribution is 2.34. The average molecular weight is 317 g/mol. The van der Waals surface area contributed by atoms with Crippen molar-refractivity contribution in [3.05, 3.63) is 72.3 Å². The molecule has 1 amide bonds. The van der Waals surface area contributed by atoms with E-state index in [2.05, 4.69) is 5.32 Å². The normalized spacial score (nSPS) is 16.3. The standard InChI is InChI=1S/C20H15NO3/c22-19-12-16(15-9-3-4-10-17(15)21-19)20(23)24-18-11-5-7-13-6-1-2-8-14(13)18/h1-11,16H,12H2,(H,21,22)/t16-/m1/s1. The van der Waals surface area contributed by atoms with Gasteiger partial charge < -0.3 is 10.1 Å². The van der Waals surface area contributed by atoms with Crippen LogP contribution in [0, 0.1) is 0 Å². The molecule has 4 nitrogen and oxygen atoms in total. The minimum absolute atomic E-state index is 0.0978. The van der Waals surface area contributed by atoms with Crippen LogP contribution in [0.3, 0.4) is 0 Å². The summed E-state index contributed by atoms with van der Waals surface area (Å²) in [5.41, 5.74) is 1.47. The van der Waals surface area contributed by atoms with Crippen molar-refractivity contribution in [2.75, 3.05) is 5.32 Å². The zero-order valence-electron chi connectivity index (χ0n) is 12.9. The Kier molecular flexibility index (Phi) is 3.50. The van der Waals surface area contributed by atoms with Crippen molar-refractivity contribution >= 4 is 28.3 Å². The third-order valence-electron chi connectivity index (χ3n) is 4.24. The number of benzene rings is 3. The number of hydrogen-bond acceptors (Lipinski definition) is 3. The molecule has 0 saturated heterocycles. The first-order valence-electron chi connectivity index (χ1n) is 7.80. The molecule has 0 saturated carbocycles. The van der Waals surface area contributed by atoms with E-state index < -0.39 is 11.9 Å². The smallest absolute Gasteiger partial charge is 0.319 e. The lowest BCUT2D eigenvalue weighted by Crippen LogP contribution is -2.29. The number of esters is 1. The van der Waals surface area contributed by atoms with Crippen molar-refractivity contribution < 1.29 is 14.3 Å². The summed E-state index contributed by atoms with van der Waals surface area (Å²) in [5, 5.41) is 4.67. The highest BCUT2D eigenvalue weighted by atomic mass is 16.5. The van der Waals surface area contributed by atoms with E-state index >= 15 is 0 Å². The number of hydrogen-bond donors (Lipinski definition) is 1. The van der Waals surface area contributed by atoms with E-state index in [0.717, 1.165) is 16.3 Å². The average Bonchev–Trinajstić information content (AvgIpc) is 2.61. The maximum Gasteiger partial charge on any atom is 0.319 e. The van der Waals surface area contributed by atoms with Crippen LogP contribution in [0.1, 0.15) is 17.9 Å². The molecule has 0 radical (unpaired) electrons. The van der Waals surface area contributed by atoms with E-state index in [1.165, 1.54) is 0 Å². The summed E-state index contributed by atoms with van der Waals surface area (Å²) in [6, 6.07) is 20.7. The Morgan fingerprint density at radius 3 is 2.62 bits per heavy atom. The minimum Gasteiger partial charge on any atom is -0.425 e. The predicted molar refractivity (Wildman–Crippen MR) is 92.0 cm³/mol. The molecule has 1 aliphatic heterocycles. The third-order valence-corrected chi connectivity index (χ3v) is 4.24. The molecule has 1 aliphatic rings. The summed E-state index contributed by atoms with van der Waals surface area (Å²) < 4.78 is 5.65. The van der Waals surface area contributed by atoms with E-state index in [-0.39, 0.29) is 12.3 Å². The molecule has 0 aromatic heterocycles. The maximum atomic E-state index is 12.7. The molecular formula is C20H15NO3. The van der Waals surface area contributed by atoms with Crippen LogP contribution in [-0.2, 0) is 9.59 Å². The van der Waals surface area contributed by atoms with Gasteiger partial charge in [-0.15, -0.1) is 0 Å². The van der Waals surface area contributed by atoms with Gasteiger partial charge in [0.15, 0.2) is 0 Å². The van der Waals surface area contributed by atoms with E-state index in [0.29, 0.717) is 11.4 Å². The number of fused-ring (bicyclic) bond motifs is 2. The number of rotatable bonds is 2. The molecule has 24 heavy (non-hydrogen) atoms. The Labute approximate surface area is 139 Å². The van der Waals surface area contributed by atoms with Crippen molar-refractivity contribution in [2.45, 2.75) is 12.3 Å². The van der Waals surface area contributed by atoms with Crippen molar-refractivity contribution in [3.63, 3.8) is 0 Å². The molecule has 1 heterocycles. The number of ether oxygens (including phenoxy) is 1. The van der Waals surface area contributed by atoms with E-state index in [4.69, 9.17) is 4.74 Å². The molecule has 118 valence electrons. The molecule has 0 aliphatic carbocycles. The van der Waals surface area contributed by atoms with E-state index in [1.807, 2.05) is 54.6 Å². The fourth-order valence-corrected chi connectivity index (χ4v) is 3.09. The van der Waals surface area contributed by atoms with Gasteiger partial charge in [0.2, 0.25) is 5.91 Å². The molecule has 1 atom stereocenters. The largest absolute Gasteiger partial charge is 0.425 e. The topological polar surface area (TPSA) is 55.4 Å². The third kappa shape index (κ3) is 2.52. The highest BCUT2D eigenvalue weighted by molar-refractivity contribution is 6.01. The van der Waals surface area contributed by atoms with Crippen LogP contribution in [0.25, 0.3) is 10.8 Å². The maximum absolute atomic E-state index is 12.7. The summed E-state index contributed by atoms with van der Waals surface area (Å²) in [6.45, 7) is 0. The Hall–Kier alpha value is -3.14. The van der Waals surface area contributed by atoms with Gasteiger partial charge in [-0.3, -0.25) is 9.59 Å². The fourth-order valence-electron chi connectivity index (χ4n) is 3.09. The monoisotopic (exact) mass is 317 g/mol. The number of nitrogens with one attached hydrogen (secondary N) is 1. The Bertz CT molecular complexity index is 943. The fraction of sp³-hybridized carbons (Fsp3) is 0.100. The minimum atomic E-state index is -0.589. The molecule has 3 aromatic rings. The quantitative estimate of drug-likeness (QED) is 0.576. The van der Waals surface area contributed by atoms with Gasteiger partial charge in [0.05, 0.1) is 5.92 Å². The van der Waals surface area contributed by atoms with Crippen LogP contribution < -0.4 is 10.1 Å². The van der Waals surface area contributed by atoms with Crippen LogP contribution in [-0.4, -0.2) is 11.9 Å². The molecule has 0 bridgehead atoms. The number of amides is 1. The zero-order chi connectivity index (χ0) is 16.5. The molecule has 0 unspecified atom stereocenters. The SMILES string of the molecule is O=C1C[C@@H](C(=O)Oc2cccc3ccccc23)c2ccccc2N1. The molecular weight excluding hydrogens is 302 g/mol. The number of carbonyl (C=O) groups is 2.